The molecule has 0 aliphatic carbocycles. The van der Waals surface area contributed by atoms with Crippen molar-refractivity contribution in [1.29, 1.82) is 5.26 Å². The van der Waals surface area contributed by atoms with E-state index in [1.54, 1.807) is 11.8 Å². The number of hydrogen-bond donors (Lipinski definition) is 0. The first-order valence-corrected chi connectivity index (χ1v) is 14.7. The van der Waals surface area contributed by atoms with Crippen LogP contribution in [0.1, 0.15) is 5.56 Å². The van der Waals surface area contributed by atoms with Crippen LogP contribution in [0.3, 0.4) is 0 Å². The van der Waals surface area contributed by atoms with E-state index < -0.39 is 0 Å². The number of hydrogen-bond acceptors (Lipinski definition) is 4. The highest BCUT2D eigenvalue weighted by Crippen LogP contribution is 2.52. The Balaban J connectivity index is 1.46. The molecule has 4 heteroatoms. The van der Waals surface area contributed by atoms with Crippen molar-refractivity contribution >= 4 is 50.5 Å². The number of pyridine rings is 1. The van der Waals surface area contributed by atoms with Gasteiger partial charge < -0.3 is 4.90 Å². The van der Waals surface area contributed by atoms with Crippen LogP contribution in [0.2, 0.25) is 0 Å². The second kappa shape index (κ2) is 9.92. The molecule has 0 N–H and O–H groups in total. The molecule has 0 unspecified atom stereocenters. The predicted octanol–water partition coefficient (Wildman–Crippen LogP) is 10.5. The number of benzene rings is 6. The van der Waals surface area contributed by atoms with E-state index in [1.165, 1.54) is 26.1 Å². The molecule has 2 heterocycles. The summed E-state index contributed by atoms with van der Waals surface area (Å²) in [6.45, 7) is 0. The highest BCUT2D eigenvalue weighted by molar-refractivity contribution is 7.99. The number of anilines is 3. The summed E-state index contributed by atoms with van der Waals surface area (Å²) in [4.78, 5) is 10.1. The molecule has 196 valence electrons. The predicted molar refractivity (Wildman–Crippen MR) is 174 cm³/mol. The summed E-state index contributed by atoms with van der Waals surface area (Å²) < 4.78 is 0. The number of para-hydroxylation sites is 3. The maximum atomic E-state index is 9.40. The second-order valence-electron chi connectivity index (χ2n) is 10.3. The lowest BCUT2D eigenvalue weighted by Crippen LogP contribution is -2.15. The third-order valence-corrected chi connectivity index (χ3v) is 9.01. The molecule has 1 aliphatic heterocycles. The molecule has 3 nitrogen and oxygen atoms in total. The molecule has 1 aromatic heterocycles. The number of nitriles is 1. The van der Waals surface area contributed by atoms with E-state index in [2.05, 4.69) is 126 Å². The maximum Gasteiger partial charge on any atom is 0.0991 e. The van der Waals surface area contributed by atoms with E-state index in [1.807, 2.05) is 24.3 Å². The Labute approximate surface area is 248 Å². The first-order valence-electron chi connectivity index (χ1n) is 13.9. The average molecular weight is 554 g/mol. The van der Waals surface area contributed by atoms with Crippen molar-refractivity contribution in [3.63, 3.8) is 0 Å². The first kappa shape index (κ1) is 24.4. The molecule has 0 radical (unpaired) electrons. The average Bonchev–Trinajstić information content (AvgIpc) is 3.06. The van der Waals surface area contributed by atoms with Gasteiger partial charge in [-0.15, -0.1) is 0 Å². The van der Waals surface area contributed by atoms with Crippen molar-refractivity contribution in [1.82, 2.24) is 4.98 Å². The Morgan fingerprint density at radius 3 is 1.95 bits per heavy atom. The summed E-state index contributed by atoms with van der Waals surface area (Å²) >= 11 is 1.80. The summed E-state index contributed by atoms with van der Waals surface area (Å²) in [5, 5.41) is 12.9. The Kier molecular flexibility index (Phi) is 5.77. The lowest BCUT2D eigenvalue weighted by atomic mass is 9.93. The minimum Gasteiger partial charge on any atom is -0.306 e. The van der Waals surface area contributed by atoms with Crippen LogP contribution in [0.15, 0.2) is 149 Å². The highest BCUT2D eigenvalue weighted by Gasteiger charge is 2.26. The number of nitrogens with zero attached hydrogens (tertiary/aromatic N) is 3. The molecule has 0 saturated carbocycles. The zero-order chi connectivity index (χ0) is 28.0. The summed E-state index contributed by atoms with van der Waals surface area (Å²) in [5.74, 6) is 0. The standard InChI is InChI=1S/C38H23N3S/c39-24-25-19-21-27(22-20-25)32-23-31(29-12-7-10-26-9-1-2-11-28(26)29)30-13-8-16-35(38(30)40-32)41-33-14-3-5-17-36(33)42-37-18-6-4-15-34(37)41/h1-23H. The SMILES string of the molecule is N#Cc1ccc(-c2cc(-c3cccc4ccccc34)c3cccc(N4c5ccccc5Sc5ccccc54)c3n2)cc1. The van der Waals surface area contributed by atoms with E-state index in [-0.39, 0.29) is 0 Å². The Morgan fingerprint density at radius 1 is 0.571 bits per heavy atom. The monoisotopic (exact) mass is 553 g/mol. The van der Waals surface area contributed by atoms with E-state index in [0.717, 1.165) is 44.8 Å². The fourth-order valence-electron chi connectivity index (χ4n) is 5.92. The summed E-state index contributed by atoms with van der Waals surface area (Å²) in [7, 11) is 0. The van der Waals surface area contributed by atoms with Crippen molar-refractivity contribution in [3.05, 3.63) is 145 Å². The normalized spacial score (nSPS) is 12.1. The minimum absolute atomic E-state index is 0.633. The summed E-state index contributed by atoms with van der Waals surface area (Å²) in [6, 6.07) is 50.8. The van der Waals surface area contributed by atoms with Gasteiger partial charge in [-0.25, -0.2) is 4.98 Å². The molecule has 42 heavy (non-hydrogen) atoms. The van der Waals surface area contributed by atoms with Crippen LogP contribution >= 0.6 is 11.8 Å². The number of aromatic nitrogens is 1. The Hall–Kier alpha value is -5.37. The van der Waals surface area contributed by atoms with Crippen LogP contribution < -0.4 is 4.90 Å². The molecule has 0 bridgehead atoms. The molecule has 1 aliphatic rings. The lowest BCUT2D eigenvalue weighted by molar-refractivity contribution is 1.17. The fraction of sp³-hybridized carbons (Fsp3) is 0. The van der Waals surface area contributed by atoms with Crippen molar-refractivity contribution in [2.24, 2.45) is 0 Å². The first-order chi connectivity index (χ1) is 20.8. The molecule has 0 fully saturated rings. The molecular formula is C38H23N3S. The van der Waals surface area contributed by atoms with Gasteiger partial charge in [-0.2, -0.15) is 5.26 Å². The van der Waals surface area contributed by atoms with Crippen LogP contribution in [0.4, 0.5) is 17.1 Å². The van der Waals surface area contributed by atoms with Crippen molar-refractivity contribution in [3.8, 4) is 28.5 Å². The minimum atomic E-state index is 0.633. The highest BCUT2D eigenvalue weighted by atomic mass is 32.2. The number of rotatable bonds is 3. The van der Waals surface area contributed by atoms with E-state index in [0.29, 0.717) is 5.56 Å². The van der Waals surface area contributed by atoms with E-state index >= 15 is 0 Å². The van der Waals surface area contributed by atoms with Gasteiger partial charge in [0.05, 0.1) is 39.9 Å². The largest absolute Gasteiger partial charge is 0.306 e. The number of fused-ring (bicyclic) bond motifs is 4. The van der Waals surface area contributed by atoms with Gasteiger partial charge in [-0.05, 0) is 70.4 Å². The quantitative estimate of drug-likeness (QED) is 0.218. The molecule has 0 spiro atoms. The molecule has 8 rings (SSSR count). The van der Waals surface area contributed by atoms with Crippen LogP contribution in [0, 0.1) is 11.3 Å². The fourth-order valence-corrected chi connectivity index (χ4v) is 6.98. The third kappa shape index (κ3) is 3.95. The topological polar surface area (TPSA) is 39.9 Å². The van der Waals surface area contributed by atoms with Gasteiger partial charge in [0.2, 0.25) is 0 Å². The van der Waals surface area contributed by atoms with Gasteiger partial charge in [0.15, 0.2) is 0 Å². The summed E-state index contributed by atoms with van der Waals surface area (Å²) in [5.41, 5.74) is 9.03. The third-order valence-electron chi connectivity index (χ3n) is 7.88. The van der Waals surface area contributed by atoms with Gasteiger partial charge in [-0.3, -0.25) is 0 Å². The van der Waals surface area contributed by atoms with Crippen molar-refractivity contribution < 1.29 is 0 Å². The molecule has 0 amide bonds. The van der Waals surface area contributed by atoms with Gasteiger partial charge in [0.25, 0.3) is 0 Å². The lowest BCUT2D eigenvalue weighted by Gasteiger charge is -2.33. The van der Waals surface area contributed by atoms with Gasteiger partial charge >= 0.3 is 0 Å². The van der Waals surface area contributed by atoms with E-state index in [4.69, 9.17) is 4.98 Å². The smallest absolute Gasteiger partial charge is 0.0991 e. The van der Waals surface area contributed by atoms with Gasteiger partial charge in [0.1, 0.15) is 0 Å². The Bertz CT molecular complexity index is 2140. The van der Waals surface area contributed by atoms with Crippen LogP contribution in [-0.2, 0) is 0 Å². The Morgan fingerprint density at radius 2 is 1.19 bits per heavy atom. The zero-order valence-electron chi connectivity index (χ0n) is 22.5. The van der Waals surface area contributed by atoms with E-state index in [9.17, 15) is 5.26 Å². The van der Waals surface area contributed by atoms with Gasteiger partial charge in [0, 0.05) is 20.7 Å². The van der Waals surface area contributed by atoms with Crippen LogP contribution in [-0.4, -0.2) is 4.98 Å². The second-order valence-corrected chi connectivity index (χ2v) is 11.4. The van der Waals surface area contributed by atoms with Crippen molar-refractivity contribution in [2.45, 2.75) is 9.79 Å². The zero-order valence-corrected chi connectivity index (χ0v) is 23.3. The molecular weight excluding hydrogens is 531 g/mol. The van der Waals surface area contributed by atoms with Crippen LogP contribution in [0.5, 0.6) is 0 Å². The molecule has 0 saturated heterocycles. The van der Waals surface area contributed by atoms with Crippen LogP contribution in [0.25, 0.3) is 44.1 Å². The van der Waals surface area contributed by atoms with Gasteiger partial charge in [-0.1, -0.05) is 103 Å². The molecule has 7 aromatic rings. The molecule has 0 atom stereocenters. The molecule has 6 aromatic carbocycles. The summed E-state index contributed by atoms with van der Waals surface area (Å²) in [6.07, 6.45) is 0. The maximum absolute atomic E-state index is 9.40. The van der Waals surface area contributed by atoms with Crippen molar-refractivity contribution in [2.75, 3.05) is 4.90 Å².